The zero-order valence-electron chi connectivity index (χ0n) is 12.1. The summed E-state index contributed by atoms with van der Waals surface area (Å²) in [7, 11) is 0. The Hall–Kier alpha value is -2.04. The number of hydrogen-bond acceptors (Lipinski definition) is 3. The van der Waals surface area contributed by atoms with Crippen molar-refractivity contribution < 1.29 is 4.79 Å². The second kappa shape index (κ2) is 6.81. The van der Waals surface area contributed by atoms with E-state index in [1.165, 1.54) is 11.3 Å². The molecule has 3 aromatic rings. The molecule has 0 aliphatic heterocycles. The van der Waals surface area contributed by atoms with Crippen molar-refractivity contribution in [2.45, 2.75) is 16.7 Å². The highest BCUT2D eigenvalue weighted by Crippen LogP contribution is 2.33. The number of thiophene rings is 1. The van der Waals surface area contributed by atoms with Gasteiger partial charge < -0.3 is 5.32 Å². The SMILES string of the molecule is Cc1ccsc1C(=O)Nc1ccccc1Sc1ccccc1. The summed E-state index contributed by atoms with van der Waals surface area (Å²) < 4.78 is 0. The third-order valence-electron chi connectivity index (χ3n) is 3.17. The Morgan fingerprint density at radius 3 is 2.45 bits per heavy atom. The minimum atomic E-state index is -0.0476. The Labute approximate surface area is 138 Å². The Bertz CT molecular complexity index is 781. The largest absolute Gasteiger partial charge is 0.320 e. The molecule has 0 unspecified atom stereocenters. The van der Waals surface area contributed by atoms with Gasteiger partial charge >= 0.3 is 0 Å². The number of para-hydroxylation sites is 1. The molecule has 110 valence electrons. The van der Waals surface area contributed by atoms with Crippen LogP contribution in [0.15, 0.2) is 75.8 Å². The summed E-state index contributed by atoms with van der Waals surface area (Å²) in [5.41, 5.74) is 1.85. The van der Waals surface area contributed by atoms with Gasteiger partial charge in [-0.05, 0) is 48.2 Å². The summed E-state index contributed by atoms with van der Waals surface area (Å²) in [6.45, 7) is 1.95. The first-order valence-corrected chi connectivity index (χ1v) is 8.61. The number of benzene rings is 2. The number of hydrogen-bond donors (Lipinski definition) is 1. The van der Waals surface area contributed by atoms with Crippen LogP contribution in [0.4, 0.5) is 5.69 Å². The molecule has 0 spiro atoms. The normalized spacial score (nSPS) is 10.4. The van der Waals surface area contributed by atoms with Crippen molar-refractivity contribution in [1.82, 2.24) is 0 Å². The number of rotatable bonds is 4. The van der Waals surface area contributed by atoms with Crippen LogP contribution < -0.4 is 5.32 Å². The second-order valence-electron chi connectivity index (χ2n) is 4.80. The van der Waals surface area contributed by atoms with Crippen molar-refractivity contribution in [3.05, 3.63) is 76.5 Å². The molecule has 0 saturated carbocycles. The lowest BCUT2D eigenvalue weighted by molar-refractivity contribution is 0.103. The quantitative estimate of drug-likeness (QED) is 0.690. The van der Waals surface area contributed by atoms with Gasteiger partial charge in [-0.15, -0.1) is 11.3 Å². The predicted molar refractivity (Wildman–Crippen MR) is 94.0 cm³/mol. The van der Waals surface area contributed by atoms with Crippen molar-refractivity contribution in [1.29, 1.82) is 0 Å². The van der Waals surface area contributed by atoms with E-state index in [1.54, 1.807) is 11.8 Å². The first-order chi connectivity index (χ1) is 10.7. The highest BCUT2D eigenvalue weighted by Gasteiger charge is 2.12. The first-order valence-electron chi connectivity index (χ1n) is 6.91. The smallest absolute Gasteiger partial charge is 0.266 e. The molecule has 22 heavy (non-hydrogen) atoms. The fraction of sp³-hybridized carbons (Fsp3) is 0.0556. The Morgan fingerprint density at radius 2 is 1.73 bits per heavy atom. The molecule has 1 heterocycles. The fourth-order valence-electron chi connectivity index (χ4n) is 2.06. The van der Waals surface area contributed by atoms with Gasteiger partial charge in [-0.2, -0.15) is 0 Å². The zero-order valence-corrected chi connectivity index (χ0v) is 13.7. The van der Waals surface area contributed by atoms with E-state index in [4.69, 9.17) is 0 Å². The standard InChI is InChI=1S/C18H15NOS2/c1-13-11-12-21-17(13)18(20)19-15-9-5-6-10-16(15)22-14-7-3-2-4-8-14/h2-12H,1H3,(H,19,20). The molecule has 0 aliphatic rings. The monoisotopic (exact) mass is 325 g/mol. The molecule has 0 aliphatic carbocycles. The second-order valence-corrected chi connectivity index (χ2v) is 6.83. The molecule has 1 aromatic heterocycles. The van der Waals surface area contributed by atoms with Crippen LogP contribution in [0.5, 0.6) is 0 Å². The van der Waals surface area contributed by atoms with E-state index in [0.29, 0.717) is 0 Å². The number of carbonyl (C=O) groups is 1. The van der Waals surface area contributed by atoms with Crippen LogP contribution in [0.2, 0.25) is 0 Å². The molecule has 0 saturated heterocycles. The van der Waals surface area contributed by atoms with Crippen LogP contribution in [0, 0.1) is 6.92 Å². The van der Waals surface area contributed by atoms with Crippen LogP contribution >= 0.6 is 23.1 Å². The molecular formula is C18H15NOS2. The minimum absolute atomic E-state index is 0.0476. The van der Waals surface area contributed by atoms with E-state index >= 15 is 0 Å². The average molecular weight is 325 g/mol. The molecule has 0 bridgehead atoms. The summed E-state index contributed by atoms with van der Waals surface area (Å²) in [6.07, 6.45) is 0. The van der Waals surface area contributed by atoms with Crippen molar-refractivity contribution in [2.24, 2.45) is 0 Å². The first kappa shape index (κ1) is 14.9. The van der Waals surface area contributed by atoms with Gasteiger partial charge in [0.2, 0.25) is 0 Å². The number of carbonyl (C=O) groups excluding carboxylic acids is 1. The fourth-order valence-corrected chi connectivity index (χ4v) is 3.80. The summed E-state index contributed by atoms with van der Waals surface area (Å²) in [6, 6.07) is 20.0. The molecule has 2 aromatic carbocycles. The number of amides is 1. The van der Waals surface area contributed by atoms with Crippen LogP contribution in [-0.2, 0) is 0 Å². The third kappa shape index (κ3) is 3.40. The lowest BCUT2D eigenvalue weighted by atomic mass is 10.2. The molecule has 1 N–H and O–H groups in total. The molecule has 0 radical (unpaired) electrons. The topological polar surface area (TPSA) is 29.1 Å². The van der Waals surface area contributed by atoms with Gasteiger partial charge in [0.05, 0.1) is 10.6 Å². The molecule has 1 amide bonds. The highest BCUT2D eigenvalue weighted by atomic mass is 32.2. The van der Waals surface area contributed by atoms with Crippen LogP contribution in [0.1, 0.15) is 15.2 Å². The van der Waals surface area contributed by atoms with Gasteiger partial charge in [0.25, 0.3) is 5.91 Å². The molecule has 4 heteroatoms. The van der Waals surface area contributed by atoms with E-state index in [9.17, 15) is 4.79 Å². The summed E-state index contributed by atoms with van der Waals surface area (Å²) in [5.74, 6) is -0.0476. The Kier molecular flexibility index (Phi) is 4.61. The number of nitrogens with one attached hydrogen (secondary N) is 1. The Morgan fingerprint density at radius 1 is 1.00 bits per heavy atom. The third-order valence-corrected chi connectivity index (χ3v) is 5.27. The van der Waals surface area contributed by atoms with E-state index in [-0.39, 0.29) is 5.91 Å². The van der Waals surface area contributed by atoms with E-state index < -0.39 is 0 Å². The maximum atomic E-state index is 12.4. The van der Waals surface area contributed by atoms with Gasteiger partial charge in [0.15, 0.2) is 0 Å². The van der Waals surface area contributed by atoms with Crippen molar-refractivity contribution in [2.75, 3.05) is 5.32 Å². The van der Waals surface area contributed by atoms with Crippen LogP contribution in [-0.4, -0.2) is 5.91 Å². The lowest BCUT2D eigenvalue weighted by Crippen LogP contribution is -2.11. The van der Waals surface area contributed by atoms with Crippen molar-refractivity contribution in [3.63, 3.8) is 0 Å². The number of aryl methyl sites for hydroxylation is 1. The van der Waals surface area contributed by atoms with Gasteiger partial charge in [-0.3, -0.25) is 4.79 Å². The molecular weight excluding hydrogens is 310 g/mol. The summed E-state index contributed by atoms with van der Waals surface area (Å²) in [5, 5.41) is 4.96. The lowest BCUT2D eigenvalue weighted by Gasteiger charge is -2.10. The summed E-state index contributed by atoms with van der Waals surface area (Å²) in [4.78, 5) is 15.3. The van der Waals surface area contributed by atoms with Gasteiger partial charge in [-0.25, -0.2) is 0 Å². The average Bonchev–Trinajstić information content (AvgIpc) is 2.96. The maximum absolute atomic E-state index is 12.4. The number of anilines is 1. The Balaban J connectivity index is 1.83. The minimum Gasteiger partial charge on any atom is -0.320 e. The van der Waals surface area contributed by atoms with Gasteiger partial charge in [-0.1, -0.05) is 42.1 Å². The van der Waals surface area contributed by atoms with E-state index in [1.807, 2.05) is 60.8 Å². The van der Waals surface area contributed by atoms with E-state index in [2.05, 4.69) is 17.4 Å². The van der Waals surface area contributed by atoms with E-state index in [0.717, 1.165) is 25.9 Å². The predicted octanol–water partition coefficient (Wildman–Crippen LogP) is 5.46. The van der Waals surface area contributed by atoms with Gasteiger partial charge in [0, 0.05) is 9.79 Å². The molecule has 2 nitrogen and oxygen atoms in total. The van der Waals surface area contributed by atoms with Gasteiger partial charge in [0.1, 0.15) is 0 Å². The molecule has 3 rings (SSSR count). The van der Waals surface area contributed by atoms with Crippen molar-refractivity contribution >= 4 is 34.7 Å². The highest BCUT2D eigenvalue weighted by molar-refractivity contribution is 7.99. The van der Waals surface area contributed by atoms with Crippen molar-refractivity contribution in [3.8, 4) is 0 Å². The van der Waals surface area contributed by atoms with Crippen LogP contribution in [0.25, 0.3) is 0 Å². The molecule has 0 fully saturated rings. The molecule has 0 atom stereocenters. The van der Waals surface area contributed by atoms with Crippen LogP contribution in [0.3, 0.4) is 0 Å². The zero-order chi connectivity index (χ0) is 15.4. The summed E-state index contributed by atoms with van der Waals surface area (Å²) >= 11 is 3.11. The maximum Gasteiger partial charge on any atom is 0.266 e.